The molecule has 1 saturated heterocycles. The van der Waals surface area contributed by atoms with E-state index in [1.807, 2.05) is 19.2 Å². The van der Waals surface area contributed by atoms with Crippen LogP contribution in [0.3, 0.4) is 0 Å². The first-order chi connectivity index (χ1) is 7.16. The Morgan fingerprint density at radius 3 is 3.13 bits per heavy atom. The van der Waals surface area contributed by atoms with Gasteiger partial charge in [0.05, 0.1) is 12.6 Å². The maximum absolute atomic E-state index is 11.8. The second kappa shape index (κ2) is 4.49. The number of nitrogens with zero attached hydrogens (tertiary/aromatic N) is 1. The molecule has 0 spiro atoms. The molecule has 1 aliphatic rings. The summed E-state index contributed by atoms with van der Waals surface area (Å²) >= 11 is 3.40. The van der Waals surface area contributed by atoms with Crippen molar-refractivity contribution in [3.05, 3.63) is 32.7 Å². The minimum atomic E-state index is 0.0775. The highest BCUT2D eigenvalue weighted by molar-refractivity contribution is 9.10. The maximum atomic E-state index is 11.8. The second-order valence-electron chi connectivity index (χ2n) is 3.93. The Kier molecular flexibility index (Phi) is 3.26. The highest BCUT2D eigenvalue weighted by Gasteiger charge is 2.16. The fraction of sp³-hybridized carbons (Fsp3) is 0.545. The molecule has 1 atom stereocenters. The fourth-order valence-corrected chi connectivity index (χ4v) is 2.47. The summed E-state index contributed by atoms with van der Waals surface area (Å²) in [4.78, 5) is 11.8. The number of halogens is 1. The van der Waals surface area contributed by atoms with Crippen molar-refractivity contribution in [2.75, 3.05) is 6.61 Å². The lowest BCUT2D eigenvalue weighted by molar-refractivity contribution is 0.0961. The number of ether oxygens (including phenoxy) is 1. The van der Waals surface area contributed by atoms with Crippen molar-refractivity contribution in [1.29, 1.82) is 0 Å². The van der Waals surface area contributed by atoms with Crippen molar-refractivity contribution in [3.8, 4) is 0 Å². The van der Waals surface area contributed by atoms with Crippen LogP contribution in [-0.4, -0.2) is 17.3 Å². The smallest absolute Gasteiger partial charge is 0.253 e. The summed E-state index contributed by atoms with van der Waals surface area (Å²) in [6, 6.07) is 1.84. The lowest BCUT2D eigenvalue weighted by Crippen LogP contribution is -2.27. The summed E-state index contributed by atoms with van der Waals surface area (Å²) in [6.07, 6.45) is 4.19. The van der Waals surface area contributed by atoms with E-state index in [1.54, 1.807) is 4.57 Å². The van der Waals surface area contributed by atoms with Crippen LogP contribution in [0.2, 0.25) is 0 Å². The molecule has 2 rings (SSSR count). The van der Waals surface area contributed by atoms with E-state index in [-0.39, 0.29) is 11.7 Å². The van der Waals surface area contributed by atoms with Gasteiger partial charge in [0, 0.05) is 22.8 Å². The van der Waals surface area contributed by atoms with E-state index in [9.17, 15) is 4.79 Å². The van der Waals surface area contributed by atoms with Gasteiger partial charge in [-0.2, -0.15) is 0 Å². The Hall–Kier alpha value is -0.610. The average Bonchev–Trinajstić information content (AvgIpc) is 2.66. The normalized spacial score (nSPS) is 20.8. The Morgan fingerprint density at radius 2 is 2.47 bits per heavy atom. The van der Waals surface area contributed by atoms with Crippen molar-refractivity contribution in [2.24, 2.45) is 0 Å². The van der Waals surface area contributed by atoms with Crippen molar-refractivity contribution in [1.82, 2.24) is 4.57 Å². The Morgan fingerprint density at radius 1 is 1.67 bits per heavy atom. The molecule has 3 nitrogen and oxygen atoms in total. The number of aryl methyl sites for hydroxylation is 1. The Bertz CT molecular complexity index is 408. The first-order valence-electron chi connectivity index (χ1n) is 5.15. The molecule has 0 bridgehead atoms. The van der Waals surface area contributed by atoms with Gasteiger partial charge in [0.25, 0.3) is 5.56 Å². The zero-order valence-electron chi connectivity index (χ0n) is 8.70. The molecule has 4 heteroatoms. The monoisotopic (exact) mass is 271 g/mol. The molecule has 2 heterocycles. The van der Waals surface area contributed by atoms with Crippen molar-refractivity contribution >= 4 is 15.9 Å². The zero-order chi connectivity index (χ0) is 10.8. The van der Waals surface area contributed by atoms with Crippen LogP contribution in [0.5, 0.6) is 0 Å². The summed E-state index contributed by atoms with van der Waals surface area (Å²) in [5.41, 5.74) is 0.844. The molecule has 1 unspecified atom stereocenters. The summed E-state index contributed by atoms with van der Waals surface area (Å²) in [5.74, 6) is 0. The van der Waals surface area contributed by atoms with Gasteiger partial charge in [-0.1, -0.05) is 0 Å². The molecule has 0 N–H and O–H groups in total. The molecule has 82 valence electrons. The van der Waals surface area contributed by atoms with Gasteiger partial charge in [-0.15, -0.1) is 0 Å². The lowest BCUT2D eigenvalue weighted by atomic mass is 10.2. The first kappa shape index (κ1) is 10.9. The summed E-state index contributed by atoms with van der Waals surface area (Å²) in [6.45, 7) is 3.32. The summed E-state index contributed by atoms with van der Waals surface area (Å²) in [7, 11) is 0. The molecule has 0 aromatic carbocycles. The third kappa shape index (κ3) is 2.49. The molecule has 0 aliphatic carbocycles. The Labute approximate surface area is 97.2 Å². The third-order valence-electron chi connectivity index (χ3n) is 2.66. The molecule has 15 heavy (non-hydrogen) atoms. The minimum Gasteiger partial charge on any atom is -0.376 e. The average molecular weight is 272 g/mol. The predicted molar refractivity (Wildman–Crippen MR) is 62.1 cm³/mol. The van der Waals surface area contributed by atoms with Crippen LogP contribution in [0.15, 0.2) is 21.5 Å². The summed E-state index contributed by atoms with van der Waals surface area (Å²) < 4.78 is 8.19. The predicted octanol–water partition coefficient (Wildman–Crippen LogP) is 2.10. The van der Waals surface area contributed by atoms with Crippen LogP contribution in [0.4, 0.5) is 0 Å². The van der Waals surface area contributed by atoms with E-state index < -0.39 is 0 Å². The van der Waals surface area contributed by atoms with Gasteiger partial charge in [0.15, 0.2) is 0 Å². The number of pyridine rings is 1. The van der Waals surface area contributed by atoms with Gasteiger partial charge in [0.2, 0.25) is 0 Å². The zero-order valence-corrected chi connectivity index (χ0v) is 10.3. The van der Waals surface area contributed by atoms with E-state index in [0.717, 1.165) is 29.5 Å². The first-order valence-corrected chi connectivity index (χ1v) is 5.94. The third-order valence-corrected chi connectivity index (χ3v) is 3.09. The lowest BCUT2D eigenvalue weighted by Gasteiger charge is -2.12. The molecule has 1 aromatic heterocycles. The molecule has 1 aliphatic heterocycles. The second-order valence-corrected chi connectivity index (χ2v) is 4.85. The highest BCUT2D eigenvalue weighted by Crippen LogP contribution is 2.15. The standard InChI is InChI=1S/C11H14BrNO2/c1-8-5-9(12)6-13(11(8)14)7-10-3-2-4-15-10/h5-6,10H,2-4,7H2,1H3. The van der Waals surface area contributed by atoms with Gasteiger partial charge in [-0.05, 0) is 41.8 Å². The van der Waals surface area contributed by atoms with Gasteiger partial charge in [-0.25, -0.2) is 0 Å². The van der Waals surface area contributed by atoms with Crippen LogP contribution in [-0.2, 0) is 11.3 Å². The summed E-state index contributed by atoms with van der Waals surface area (Å²) in [5, 5.41) is 0. The number of aromatic nitrogens is 1. The Balaban J connectivity index is 2.23. The van der Waals surface area contributed by atoms with E-state index in [2.05, 4.69) is 15.9 Å². The molecule has 0 amide bonds. The van der Waals surface area contributed by atoms with E-state index in [0.29, 0.717) is 6.54 Å². The van der Waals surface area contributed by atoms with E-state index >= 15 is 0 Å². The highest BCUT2D eigenvalue weighted by atomic mass is 79.9. The molecule has 0 saturated carbocycles. The molecular formula is C11H14BrNO2. The van der Waals surface area contributed by atoms with Crippen LogP contribution < -0.4 is 5.56 Å². The van der Waals surface area contributed by atoms with Gasteiger partial charge in [-0.3, -0.25) is 4.79 Å². The fourth-order valence-electron chi connectivity index (χ4n) is 1.88. The van der Waals surface area contributed by atoms with Crippen molar-refractivity contribution < 1.29 is 4.74 Å². The van der Waals surface area contributed by atoms with E-state index in [1.165, 1.54) is 0 Å². The largest absolute Gasteiger partial charge is 0.376 e. The van der Waals surface area contributed by atoms with Crippen molar-refractivity contribution in [3.63, 3.8) is 0 Å². The molecule has 1 aromatic rings. The molecular weight excluding hydrogens is 258 g/mol. The SMILES string of the molecule is Cc1cc(Br)cn(CC2CCCO2)c1=O. The van der Waals surface area contributed by atoms with Crippen LogP contribution in [0.1, 0.15) is 18.4 Å². The minimum absolute atomic E-state index is 0.0775. The van der Waals surface area contributed by atoms with Gasteiger partial charge >= 0.3 is 0 Å². The topological polar surface area (TPSA) is 31.2 Å². The van der Waals surface area contributed by atoms with E-state index in [4.69, 9.17) is 4.74 Å². The van der Waals surface area contributed by atoms with Crippen LogP contribution in [0.25, 0.3) is 0 Å². The number of rotatable bonds is 2. The number of hydrogen-bond donors (Lipinski definition) is 0. The van der Waals surface area contributed by atoms with Gasteiger partial charge in [0.1, 0.15) is 0 Å². The van der Waals surface area contributed by atoms with Crippen LogP contribution in [0, 0.1) is 6.92 Å². The maximum Gasteiger partial charge on any atom is 0.253 e. The molecule has 1 fully saturated rings. The quantitative estimate of drug-likeness (QED) is 0.825. The van der Waals surface area contributed by atoms with Crippen LogP contribution >= 0.6 is 15.9 Å². The van der Waals surface area contributed by atoms with Gasteiger partial charge < -0.3 is 9.30 Å². The number of hydrogen-bond acceptors (Lipinski definition) is 2. The van der Waals surface area contributed by atoms with Crippen molar-refractivity contribution in [2.45, 2.75) is 32.4 Å². The molecule has 0 radical (unpaired) electrons.